The van der Waals surface area contributed by atoms with Crippen molar-refractivity contribution in [2.24, 2.45) is 0 Å². The second-order valence-corrected chi connectivity index (χ2v) is 8.52. The lowest BCUT2D eigenvalue weighted by atomic mass is 9.99. The molecule has 182 valence electrons. The molecule has 1 saturated heterocycles. The average molecular weight is 445 g/mol. The minimum Gasteiger partial charge on any atom is -0.433 e. The summed E-state index contributed by atoms with van der Waals surface area (Å²) in [6.07, 6.45) is 13.0. The number of hydrogen-bond donors (Lipinski definition) is 4. The highest BCUT2D eigenvalue weighted by Crippen LogP contribution is 2.22. The number of carbonyl (C=O) groups excluding carboxylic acids is 1. The zero-order valence-electron chi connectivity index (χ0n) is 19.2. The summed E-state index contributed by atoms with van der Waals surface area (Å²) in [6.45, 7) is 1.69. The van der Waals surface area contributed by atoms with Crippen LogP contribution < -0.4 is 0 Å². The van der Waals surface area contributed by atoms with Crippen LogP contribution in [0.2, 0.25) is 0 Å². The maximum atomic E-state index is 11.9. The quantitative estimate of drug-likeness (QED) is 0.154. The van der Waals surface area contributed by atoms with Gasteiger partial charge in [-0.05, 0) is 32.1 Å². The van der Waals surface area contributed by atoms with Crippen molar-refractivity contribution in [3.05, 3.63) is 12.2 Å². The maximum absolute atomic E-state index is 11.9. The molecule has 1 aliphatic heterocycles. The Bertz CT molecular complexity index is 481. The van der Waals surface area contributed by atoms with Gasteiger partial charge in [0.2, 0.25) is 6.29 Å². The number of carbonyl (C=O) groups is 1. The molecule has 0 aliphatic carbocycles. The van der Waals surface area contributed by atoms with E-state index in [1.807, 2.05) is 0 Å². The van der Waals surface area contributed by atoms with E-state index in [0.29, 0.717) is 6.42 Å². The Morgan fingerprint density at radius 2 is 1.35 bits per heavy atom. The highest BCUT2D eigenvalue weighted by atomic mass is 16.7. The number of aliphatic hydroxyl groups is 4. The van der Waals surface area contributed by atoms with E-state index in [1.165, 1.54) is 44.9 Å². The van der Waals surface area contributed by atoms with Crippen LogP contribution in [0.25, 0.3) is 0 Å². The Balaban J connectivity index is 1.99. The standard InChI is InChI=1S/C24H44O7/c1-2-3-4-5-6-7-8-9-10-11-12-13-14-15-16-17-20(26)31-24-23(29)22(28)21(27)19(18-25)30-24/h9-10,19,21-25,27-29H,2-8,11-18H2,1H3/t19-,21-,22+,23-,24-/m1/s1. The van der Waals surface area contributed by atoms with Crippen LogP contribution in [-0.2, 0) is 14.3 Å². The predicted molar refractivity (Wildman–Crippen MR) is 119 cm³/mol. The molecule has 0 aromatic heterocycles. The summed E-state index contributed by atoms with van der Waals surface area (Å²) in [4.78, 5) is 11.9. The number of unbranched alkanes of at least 4 members (excludes halogenated alkanes) is 11. The molecule has 4 N–H and O–H groups in total. The van der Waals surface area contributed by atoms with Crippen molar-refractivity contribution in [3.63, 3.8) is 0 Å². The van der Waals surface area contributed by atoms with Crippen LogP contribution in [0, 0.1) is 0 Å². The zero-order chi connectivity index (χ0) is 22.9. The minimum atomic E-state index is -1.55. The van der Waals surface area contributed by atoms with Crippen molar-refractivity contribution in [3.8, 4) is 0 Å². The smallest absolute Gasteiger partial charge is 0.308 e. The number of allylic oxidation sites excluding steroid dienone is 2. The number of ether oxygens (including phenoxy) is 2. The lowest BCUT2D eigenvalue weighted by molar-refractivity contribution is -0.292. The zero-order valence-corrected chi connectivity index (χ0v) is 19.2. The second-order valence-electron chi connectivity index (χ2n) is 8.52. The topological polar surface area (TPSA) is 116 Å². The van der Waals surface area contributed by atoms with Gasteiger partial charge in [-0.15, -0.1) is 0 Å². The molecule has 7 heteroatoms. The van der Waals surface area contributed by atoms with Gasteiger partial charge in [0.25, 0.3) is 0 Å². The van der Waals surface area contributed by atoms with Crippen molar-refractivity contribution < 1.29 is 34.7 Å². The monoisotopic (exact) mass is 444 g/mol. The van der Waals surface area contributed by atoms with E-state index in [1.54, 1.807) is 0 Å². The van der Waals surface area contributed by atoms with Crippen LogP contribution in [0.5, 0.6) is 0 Å². The van der Waals surface area contributed by atoms with Gasteiger partial charge >= 0.3 is 5.97 Å². The molecule has 0 unspecified atom stereocenters. The molecule has 1 rings (SSSR count). The second kappa shape index (κ2) is 17.6. The maximum Gasteiger partial charge on any atom is 0.308 e. The molecule has 0 aromatic rings. The van der Waals surface area contributed by atoms with Gasteiger partial charge in [0.1, 0.15) is 24.4 Å². The molecule has 1 heterocycles. The molecule has 0 amide bonds. The fourth-order valence-electron chi connectivity index (χ4n) is 3.69. The van der Waals surface area contributed by atoms with Gasteiger partial charge in [0.05, 0.1) is 6.61 Å². The van der Waals surface area contributed by atoms with Gasteiger partial charge in [0.15, 0.2) is 0 Å². The molecule has 1 aliphatic rings. The van der Waals surface area contributed by atoms with E-state index in [4.69, 9.17) is 14.6 Å². The first-order valence-electron chi connectivity index (χ1n) is 12.2. The molecule has 0 spiro atoms. The lowest BCUT2D eigenvalue weighted by Gasteiger charge is -2.39. The molecule has 0 aromatic carbocycles. The van der Waals surface area contributed by atoms with Gasteiger partial charge in [-0.2, -0.15) is 0 Å². The molecular weight excluding hydrogens is 400 g/mol. The fraction of sp³-hybridized carbons (Fsp3) is 0.875. The molecular formula is C24H44O7. The van der Waals surface area contributed by atoms with Crippen molar-refractivity contribution in [2.75, 3.05) is 6.61 Å². The SMILES string of the molecule is CCCCCCCCC=CCCCCCCCC(=O)O[C@H]1O[C@H](CO)[C@@H](O)[C@H](O)[C@H]1O. The summed E-state index contributed by atoms with van der Waals surface area (Å²) in [6, 6.07) is 0. The van der Waals surface area contributed by atoms with Crippen LogP contribution in [0.15, 0.2) is 12.2 Å². The van der Waals surface area contributed by atoms with E-state index >= 15 is 0 Å². The average Bonchev–Trinajstić information content (AvgIpc) is 2.76. The third-order valence-corrected chi connectivity index (χ3v) is 5.74. The molecule has 0 bridgehead atoms. The molecule has 31 heavy (non-hydrogen) atoms. The third-order valence-electron chi connectivity index (χ3n) is 5.74. The van der Waals surface area contributed by atoms with Gasteiger partial charge in [-0.3, -0.25) is 4.79 Å². The first kappa shape index (κ1) is 28.0. The molecule has 0 saturated carbocycles. The van der Waals surface area contributed by atoms with E-state index < -0.39 is 43.3 Å². The van der Waals surface area contributed by atoms with Crippen LogP contribution in [-0.4, -0.2) is 63.7 Å². The largest absolute Gasteiger partial charge is 0.433 e. The lowest BCUT2D eigenvalue weighted by Crippen LogP contribution is -2.59. The van der Waals surface area contributed by atoms with Gasteiger partial charge in [-0.1, -0.05) is 70.4 Å². The Hall–Kier alpha value is -0.990. The van der Waals surface area contributed by atoms with Crippen LogP contribution >= 0.6 is 0 Å². The predicted octanol–water partition coefficient (Wildman–Crippen LogP) is 3.37. The van der Waals surface area contributed by atoms with Crippen LogP contribution in [0.1, 0.15) is 96.8 Å². The first-order chi connectivity index (χ1) is 15.0. The summed E-state index contributed by atoms with van der Waals surface area (Å²) in [5.41, 5.74) is 0. The van der Waals surface area contributed by atoms with E-state index in [0.717, 1.165) is 32.1 Å². The Morgan fingerprint density at radius 3 is 1.94 bits per heavy atom. The Kier molecular flexibility index (Phi) is 15.9. The van der Waals surface area contributed by atoms with Crippen molar-refractivity contribution >= 4 is 5.97 Å². The highest BCUT2D eigenvalue weighted by Gasteiger charge is 2.45. The number of hydrogen-bond acceptors (Lipinski definition) is 7. The number of rotatable bonds is 17. The summed E-state index contributed by atoms with van der Waals surface area (Å²) in [7, 11) is 0. The number of aliphatic hydroxyl groups excluding tert-OH is 4. The number of esters is 1. The van der Waals surface area contributed by atoms with Crippen molar-refractivity contribution in [1.29, 1.82) is 0 Å². The normalized spacial score (nSPS) is 26.4. The minimum absolute atomic E-state index is 0.202. The molecule has 7 nitrogen and oxygen atoms in total. The van der Waals surface area contributed by atoms with Crippen molar-refractivity contribution in [2.45, 2.75) is 128 Å². The molecule has 1 fully saturated rings. The highest BCUT2D eigenvalue weighted by molar-refractivity contribution is 5.69. The summed E-state index contributed by atoms with van der Waals surface area (Å²) < 4.78 is 10.2. The first-order valence-corrected chi connectivity index (χ1v) is 12.2. The van der Waals surface area contributed by atoms with Crippen LogP contribution in [0.4, 0.5) is 0 Å². The van der Waals surface area contributed by atoms with E-state index in [-0.39, 0.29) is 6.42 Å². The summed E-state index contributed by atoms with van der Waals surface area (Å²) >= 11 is 0. The van der Waals surface area contributed by atoms with Crippen molar-refractivity contribution in [1.82, 2.24) is 0 Å². The van der Waals surface area contributed by atoms with E-state index in [2.05, 4.69) is 19.1 Å². The summed E-state index contributed by atoms with van der Waals surface area (Å²) in [5.74, 6) is -0.526. The third kappa shape index (κ3) is 12.0. The van der Waals surface area contributed by atoms with Gasteiger partial charge < -0.3 is 29.9 Å². The summed E-state index contributed by atoms with van der Waals surface area (Å²) in [5, 5.41) is 38.5. The Labute approximate surface area is 187 Å². The van der Waals surface area contributed by atoms with Gasteiger partial charge in [0, 0.05) is 6.42 Å². The molecule has 0 radical (unpaired) electrons. The Morgan fingerprint density at radius 1 is 0.806 bits per heavy atom. The van der Waals surface area contributed by atoms with E-state index in [9.17, 15) is 20.1 Å². The fourth-order valence-corrected chi connectivity index (χ4v) is 3.69. The van der Waals surface area contributed by atoms with Crippen LogP contribution in [0.3, 0.4) is 0 Å². The van der Waals surface area contributed by atoms with Gasteiger partial charge in [-0.25, -0.2) is 0 Å². The molecule has 5 atom stereocenters.